The van der Waals surface area contributed by atoms with Crippen molar-refractivity contribution in [2.75, 3.05) is 11.4 Å². The van der Waals surface area contributed by atoms with Crippen molar-refractivity contribution in [3.63, 3.8) is 0 Å². The zero-order valence-electron chi connectivity index (χ0n) is 10.8. The first-order valence-electron chi connectivity index (χ1n) is 6.66. The molecule has 1 aliphatic carbocycles. The number of nitrogens with two attached hydrogens (primary N) is 1. The summed E-state index contributed by atoms with van der Waals surface area (Å²) in [4.78, 5) is 6.59. The molecule has 0 aliphatic heterocycles. The van der Waals surface area contributed by atoms with Gasteiger partial charge in [-0.05, 0) is 30.9 Å². The van der Waals surface area contributed by atoms with E-state index in [0.29, 0.717) is 24.8 Å². The number of hydrogen-bond acceptors (Lipinski definition) is 5. The minimum absolute atomic E-state index is 0.293. The molecule has 1 aromatic heterocycles. The molecule has 1 saturated carbocycles. The Morgan fingerprint density at radius 3 is 2.68 bits per heavy atom. The van der Waals surface area contributed by atoms with Crippen LogP contribution in [0.15, 0.2) is 34.9 Å². The number of hydrogen-bond donors (Lipinski definition) is 1. The summed E-state index contributed by atoms with van der Waals surface area (Å²) >= 11 is 0. The maximum Gasteiger partial charge on any atom is 0.240 e. The first-order chi connectivity index (χ1) is 9.35. The molecule has 0 atom stereocenters. The molecule has 2 N–H and O–H groups in total. The van der Waals surface area contributed by atoms with E-state index >= 15 is 0 Å². The topological polar surface area (TPSA) is 68.2 Å². The second-order valence-corrected chi connectivity index (χ2v) is 4.97. The molecule has 0 bridgehead atoms. The fourth-order valence-electron chi connectivity index (χ4n) is 2.12. The number of aromatic nitrogens is 2. The molecule has 1 heterocycles. The Kier molecular flexibility index (Phi) is 3.46. The molecule has 1 aromatic carbocycles. The van der Waals surface area contributed by atoms with Crippen molar-refractivity contribution in [3.8, 4) is 0 Å². The monoisotopic (exact) mass is 258 g/mol. The van der Waals surface area contributed by atoms with Gasteiger partial charge in [-0.25, -0.2) is 0 Å². The van der Waals surface area contributed by atoms with Crippen LogP contribution >= 0.6 is 0 Å². The molecule has 3 rings (SSSR count). The van der Waals surface area contributed by atoms with Crippen LogP contribution in [0.2, 0.25) is 0 Å². The van der Waals surface area contributed by atoms with E-state index in [0.717, 1.165) is 12.5 Å². The highest BCUT2D eigenvalue weighted by Crippen LogP contribution is 2.31. The predicted octanol–water partition coefficient (Wildman–Crippen LogP) is 1.94. The van der Waals surface area contributed by atoms with Crippen LogP contribution < -0.4 is 10.6 Å². The Bertz CT molecular complexity index is 521. The van der Waals surface area contributed by atoms with Crippen LogP contribution in [0.1, 0.15) is 24.6 Å². The summed E-state index contributed by atoms with van der Waals surface area (Å²) in [5, 5.41) is 3.97. The number of anilines is 1. The van der Waals surface area contributed by atoms with E-state index in [2.05, 4.69) is 39.3 Å². The fraction of sp³-hybridized carbons (Fsp3) is 0.429. The molecule has 100 valence electrons. The van der Waals surface area contributed by atoms with Gasteiger partial charge in [0.1, 0.15) is 0 Å². The third kappa shape index (κ3) is 3.12. The van der Waals surface area contributed by atoms with Crippen molar-refractivity contribution in [2.45, 2.75) is 25.9 Å². The molecule has 5 heteroatoms. The Hall–Kier alpha value is -1.88. The van der Waals surface area contributed by atoms with Gasteiger partial charge >= 0.3 is 0 Å². The van der Waals surface area contributed by atoms with Gasteiger partial charge in [-0.15, -0.1) is 0 Å². The van der Waals surface area contributed by atoms with Gasteiger partial charge in [0.05, 0.1) is 13.1 Å². The third-order valence-corrected chi connectivity index (χ3v) is 3.31. The summed E-state index contributed by atoms with van der Waals surface area (Å²) in [6.45, 7) is 2.02. The quantitative estimate of drug-likeness (QED) is 0.857. The minimum Gasteiger partial charge on any atom is -0.364 e. The lowest BCUT2D eigenvalue weighted by molar-refractivity contribution is 0.374. The van der Waals surface area contributed by atoms with Gasteiger partial charge in [0.2, 0.25) is 5.89 Å². The van der Waals surface area contributed by atoms with Crippen molar-refractivity contribution >= 4 is 5.69 Å². The van der Waals surface area contributed by atoms with Crippen LogP contribution in [0.4, 0.5) is 5.69 Å². The summed E-state index contributed by atoms with van der Waals surface area (Å²) < 4.78 is 5.06. The van der Waals surface area contributed by atoms with Gasteiger partial charge in [0.15, 0.2) is 5.82 Å². The average molecular weight is 258 g/mol. The zero-order chi connectivity index (χ0) is 13.1. The molecule has 0 amide bonds. The largest absolute Gasteiger partial charge is 0.364 e. The summed E-state index contributed by atoms with van der Waals surface area (Å²) in [5.41, 5.74) is 6.69. The highest BCUT2D eigenvalue weighted by Gasteiger charge is 2.25. The normalized spacial score (nSPS) is 14.6. The summed E-state index contributed by atoms with van der Waals surface area (Å²) in [6.07, 6.45) is 2.65. The third-order valence-electron chi connectivity index (χ3n) is 3.31. The van der Waals surface area contributed by atoms with Crippen LogP contribution in [0.3, 0.4) is 0 Å². The second-order valence-electron chi connectivity index (χ2n) is 4.97. The van der Waals surface area contributed by atoms with Gasteiger partial charge < -0.3 is 15.2 Å². The molecule has 5 nitrogen and oxygen atoms in total. The molecule has 0 saturated heterocycles. The number of para-hydroxylation sites is 1. The average Bonchev–Trinajstić information content (AvgIpc) is 3.16. The minimum atomic E-state index is 0.293. The van der Waals surface area contributed by atoms with Gasteiger partial charge in [-0.2, -0.15) is 4.98 Å². The standard InChI is InChI=1S/C14H18N4O/c15-8-14-16-13(17-19-14)10-18(9-11-6-7-11)12-4-2-1-3-5-12/h1-5,11H,6-10,15H2. The van der Waals surface area contributed by atoms with E-state index in [1.807, 2.05) is 6.07 Å². The van der Waals surface area contributed by atoms with Crippen LogP contribution in [0.5, 0.6) is 0 Å². The summed E-state index contributed by atoms with van der Waals surface area (Å²) in [7, 11) is 0. The van der Waals surface area contributed by atoms with E-state index in [1.165, 1.54) is 18.5 Å². The summed E-state index contributed by atoms with van der Waals surface area (Å²) in [5.74, 6) is 2.00. The lowest BCUT2D eigenvalue weighted by Crippen LogP contribution is -2.25. The van der Waals surface area contributed by atoms with Crippen molar-refractivity contribution in [1.29, 1.82) is 0 Å². The highest BCUT2D eigenvalue weighted by atomic mass is 16.5. The van der Waals surface area contributed by atoms with E-state index < -0.39 is 0 Å². The van der Waals surface area contributed by atoms with Gasteiger partial charge in [-0.3, -0.25) is 0 Å². The Morgan fingerprint density at radius 2 is 2.05 bits per heavy atom. The maximum absolute atomic E-state index is 5.49. The van der Waals surface area contributed by atoms with Crippen LogP contribution in [0, 0.1) is 5.92 Å². The summed E-state index contributed by atoms with van der Waals surface area (Å²) in [6, 6.07) is 10.4. The number of benzene rings is 1. The van der Waals surface area contributed by atoms with Crippen LogP contribution in [-0.2, 0) is 13.1 Å². The Balaban J connectivity index is 1.75. The van der Waals surface area contributed by atoms with Crippen LogP contribution in [-0.4, -0.2) is 16.7 Å². The molecule has 19 heavy (non-hydrogen) atoms. The van der Waals surface area contributed by atoms with E-state index in [9.17, 15) is 0 Å². The van der Waals surface area contributed by atoms with Crippen molar-refractivity contribution in [1.82, 2.24) is 10.1 Å². The first kappa shape index (κ1) is 12.2. The fourth-order valence-corrected chi connectivity index (χ4v) is 2.12. The molecule has 0 unspecified atom stereocenters. The van der Waals surface area contributed by atoms with E-state index in [-0.39, 0.29) is 0 Å². The highest BCUT2D eigenvalue weighted by molar-refractivity contribution is 5.46. The molecular weight excluding hydrogens is 240 g/mol. The van der Waals surface area contributed by atoms with Crippen molar-refractivity contribution in [3.05, 3.63) is 42.0 Å². The van der Waals surface area contributed by atoms with Gasteiger partial charge in [0.25, 0.3) is 0 Å². The number of nitrogens with zero attached hydrogens (tertiary/aromatic N) is 3. The molecule has 1 aliphatic rings. The number of rotatable bonds is 6. The zero-order valence-corrected chi connectivity index (χ0v) is 10.8. The molecule has 0 radical (unpaired) electrons. The van der Waals surface area contributed by atoms with Gasteiger partial charge in [0, 0.05) is 12.2 Å². The second kappa shape index (κ2) is 5.40. The molecular formula is C14H18N4O. The van der Waals surface area contributed by atoms with Crippen molar-refractivity contribution < 1.29 is 4.52 Å². The predicted molar refractivity (Wildman–Crippen MR) is 72.4 cm³/mol. The molecule has 1 fully saturated rings. The Morgan fingerprint density at radius 1 is 1.26 bits per heavy atom. The SMILES string of the molecule is NCc1nc(CN(CC2CC2)c2ccccc2)no1. The first-order valence-corrected chi connectivity index (χ1v) is 6.66. The lowest BCUT2D eigenvalue weighted by atomic mass is 10.2. The molecule has 2 aromatic rings. The Labute approximate surface area is 112 Å². The van der Waals surface area contributed by atoms with Crippen LogP contribution in [0.25, 0.3) is 0 Å². The smallest absolute Gasteiger partial charge is 0.240 e. The van der Waals surface area contributed by atoms with Gasteiger partial charge in [-0.1, -0.05) is 23.4 Å². The van der Waals surface area contributed by atoms with E-state index in [4.69, 9.17) is 10.3 Å². The lowest BCUT2D eigenvalue weighted by Gasteiger charge is -2.23. The van der Waals surface area contributed by atoms with E-state index in [1.54, 1.807) is 0 Å². The van der Waals surface area contributed by atoms with Crippen molar-refractivity contribution in [2.24, 2.45) is 11.7 Å². The molecule has 0 spiro atoms. The maximum atomic E-state index is 5.49.